The lowest BCUT2D eigenvalue weighted by Crippen LogP contribution is -2.28. The number of benzene rings is 2. The number of thiocarbonyl (C=S) groups is 1. The van der Waals surface area contributed by atoms with Crippen molar-refractivity contribution in [2.75, 3.05) is 4.90 Å². The highest BCUT2D eigenvalue weighted by molar-refractivity contribution is 8.27. The fraction of sp³-hybridized carbons (Fsp3) is 0.111. The summed E-state index contributed by atoms with van der Waals surface area (Å²) in [6.45, 7) is 2.03. The van der Waals surface area contributed by atoms with E-state index in [4.69, 9.17) is 12.2 Å². The molecule has 1 saturated heterocycles. The van der Waals surface area contributed by atoms with E-state index >= 15 is 0 Å². The van der Waals surface area contributed by atoms with E-state index in [0.29, 0.717) is 14.8 Å². The summed E-state index contributed by atoms with van der Waals surface area (Å²) in [6, 6.07) is 12.1. The van der Waals surface area contributed by atoms with Crippen LogP contribution in [0, 0.1) is 0 Å². The molecule has 1 amide bonds. The first-order chi connectivity index (χ1) is 11.5. The largest absolute Gasteiger partial charge is 0.504 e. The second kappa shape index (κ2) is 6.67. The summed E-state index contributed by atoms with van der Waals surface area (Å²) < 4.78 is 0.482. The van der Waals surface area contributed by atoms with Crippen LogP contribution in [0.25, 0.3) is 6.08 Å². The lowest BCUT2D eigenvalue weighted by atomic mass is 10.1. The fourth-order valence-electron chi connectivity index (χ4n) is 2.48. The average Bonchev–Trinajstić information content (AvgIpc) is 2.85. The van der Waals surface area contributed by atoms with Gasteiger partial charge in [-0.15, -0.1) is 0 Å². The van der Waals surface area contributed by atoms with E-state index in [-0.39, 0.29) is 17.4 Å². The van der Waals surface area contributed by atoms with E-state index in [0.717, 1.165) is 17.7 Å². The van der Waals surface area contributed by atoms with Crippen LogP contribution < -0.4 is 4.90 Å². The molecule has 1 fully saturated rings. The minimum atomic E-state index is -0.226. The summed E-state index contributed by atoms with van der Waals surface area (Å²) in [6.07, 6.45) is 2.46. The third-order valence-corrected chi connectivity index (χ3v) is 5.01. The smallest absolute Gasteiger partial charge is 0.270 e. The number of para-hydroxylation sites is 1. The maximum absolute atomic E-state index is 12.8. The highest BCUT2D eigenvalue weighted by atomic mass is 32.2. The highest BCUT2D eigenvalue weighted by Gasteiger charge is 2.34. The molecule has 0 aromatic heterocycles. The van der Waals surface area contributed by atoms with Crippen molar-refractivity contribution in [1.82, 2.24) is 0 Å². The molecule has 2 aromatic rings. The number of rotatable bonds is 3. The SMILES string of the molecule is CCc1ccccc1N1C(=O)/C(=C/c2ccc(O)c(O)c2)SC1=S. The van der Waals surface area contributed by atoms with E-state index in [1.165, 1.54) is 23.9 Å². The van der Waals surface area contributed by atoms with Crippen LogP contribution >= 0.6 is 24.0 Å². The van der Waals surface area contributed by atoms with Gasteiger partial charge in [0.25, 0.3) is 5.91 Å². The molecule has 0 spiro atoms. The summed E-state index contributed by atoms with van der Waals surface area (Å²) in [5, 5.41) is 19.0. The number of aryl methyl sites for hydroxylation is 1. The highest BCUT2D eigenvalue weighted by Crippen LogP contribution is 2.38. The topological polar surface area (TPSA) is 60.8 Å². The molecule has 24 heavy (non-hydrogen) atoms. The Kier molecular flexibility index (Phi) is 4.59. The normalized spacial score (nSPS) is 16.2. The molecule has 1 heterocycles. The number of phenols is 2. The number of hydrogen-bond donors (Lipinski definition) is 2. The quantitative estimate of drug-likeness (QED) is 0.493. The lowest BCUT2D eigenvalue weighted by molar-refractivity contribution is -0.113. The minimum absolute atomic E-state index is 0.182. The number of thioether (sulfide) groups is 1. The molecule has 1 aliphatic rings. The third kappa shape index (κ3) is 3.02. The maximum Gasteiger partial charge on any atom is 0.270 e. The van der Waals surface area contributed by atoms with Crippen LogP contribution in [0.15, 0.2) is 47.4 Å². The van der Waals surface area contributed by atoms with Crippen molar-refractivity contribution in [3.63, 3.8) is 0 Å². The van der Waals surface area contributed by atoms with Gasteiger partial charge in [0.15, 0.2) is 15.8 Å². The van der Waals surface area contributed by atoms with Crippen LogP contribution in [0.3, 0.4) is 0 Å². The summed E-state index contributed by atoms with van der Waals surface area (Å²) in [5.74, 6) is -0.606. The van der Waals surface area contributed by atoms with Crippen molar-refractivity contribution in [1.29, 1.82) is 0 Å². The van der Waals surface area contributed by atoms with Gasteiger partial charge in [-0.3, -0.25) is 9.69 Å². The zero-order valence-corrected chi connectivity index (χ0v) is 14.5. The van der Waals surface area contributed by atoms with Gasteiger partial charge < -0.3 is 10.2 Å². The number of aromatic hydroxyl groups is 2. The van der Waals surface area contributed by atoms with Gasteiger partial charge in [0, 0.05) is 0 Å². The molecule has 2 N–H and O–H groups in total. The minimum Gasteiger partial charge on any atom is -0.504 e. The van der Waals surface area contributed by atoms with Crippen molar-refractivity contribution in [2.45, 2.75) is 13.3 Å². The van der Waals surface area contributed by atoms with Gasteiger partial charge in [0.2, 0.25) is 0 Å². The van der Waals surface area contributed by atoms with Gasteiger partial charge >= 0.3 is 0 Å². The number of phenolic OH excluding ortho intramolecular Hbond substituents is 2. The van der Waals surface area contributed by atoms with Crippen molar-refractivity contribution < 1.29 is 15.0 Å². The molecule has 0 saturated carbocycles. The van der Waals surface area contributed by atoms with Crippen molar-refractivity contribution in [3.05, 3.63) is 58.5 Å². The van der Waals surface area contributed by atoms with Gasteiger partial charge in [-0.25, -0.2) is 0 Å². The summed E-state index contributed by atoms with van der Waals surface area (Å²) in [4.78, 5) is 14.8. The van der Waals surface area contributed by atoms with E-state index in [9.17, 15) is 15.0 Å². The second-order valence-corrected chi connectivity index (χ2v) is 6.92. The zero-order chi connectivity index (χ0) is 17.3. The molecule has 6 heteroatoms. The number of carbonyl (C=O) groups is 1. The van der Waals surface area contributed by atoms with Crippen LogP contribution in [-0.4, -0.2) is 20.4 Å². The molecule has 0 radical (unpaired) electrons. The molecule has 0 unspecified atom stereocenters. The standard InChI is InChI=1S/C18H15NO3S2/c1-2-12-5-3-4-6-13(12)19-17(22)16(24-18(19)23)10-11-7-8-14(20)15(21)9-11/h3-10,20-21H,2H2,1H3/b16-10-. The van der Waals surface area contributed by atoms with Crippen LogP contribution in [0.2, 0.25) is 0 Å². The van der Waals surface area contributed by atoms with Gasteiger partial charge in [-0.2, -0.15) is 0 Å². The molecular formula is C18H15NO3S2. The van der Waals surface area contributed by atoms with Crippen molar-refractivity contribution in [3.8, 4) is 11.5 Å². The van der Waals surface area contributed by atoms with Gasteiger partial charge in [-0.1, -0.05) is 55.2 Å². The van der Waals surface area contributed by atoms with Gasteiger partial charge in [-0.05, 0) is 41.8 Å². The molecule has 2 aromatic carbocycles. The Hall–Kier alpha value is -2.31. The number of hydrogen-bond acceptors (Lipinski definition) is 5. The Morgan fingerprint density at radius 2 is 1.92 bits per heavy atom. The molecule has 3 rings (SSSR count). The monoisotopic (exact) mass is 357 g/mol. The van der Waals surface area contributed by atoms with Crippen molar-refractivity contribution in [2.24, 2.45) is 0 Å². The Morgan fingerprint density at radius 1 is 1.17 bits per heavy atom. The molecule has 0 bridgehead atoms. The first kappa shape index (κ1) is 16.5. The Balaban J connectivity index is 1.97. The summed E-state index contributed by atoms with van der Waals surface area (Å²) in [5.41, 5.74) is 2.48. The molecule has 0 aliphatic carbocycles. The molecular weight excluding hydrogens is 342 g/mol. The Labute approximate surface area is 149 Å². The first-order valence-corrected chi connectivity index (χ1v) is 8.61. The molecule has 122 valence electrons. The average molecular weight is 357 g/mol. The van der Waals surface area contributed by atoms with Crippen LogP contribution in [0.1, 0.15) is 18.1 Å². The van der Waals surface area contributed by atoms with E-state index < -0.39 is 0 Å². The van der Waals surface area contributed by atoms with Crippen LogP contribution in [0.5, 0.6) is 11.5 Å². The molecule has 1 aliphatic heterocycles. The second-order valence-electron chi connectivity index (χ2n) is 5.25. The number of anilines is 1. The summed E-state index contributed by atoms with van der Waals surface area (Å²) in [7, 11) is 0. The summed E-state index contributed by atoms with van der Waals surface area (Å²) >= 11 is 6.61. The van der Waals surface area contributed by atoms with Crippen molar-refractivity contribution >= 4 is 46.0 Å². The number of nitrogens with zero attached hydrogens (tertiary/aromatic N) is 1. The molecule has 0 atom stereocenters. The predicted molar refractivity (Wildman–Crippen MR) is 101 cm³/mol. The lowest BCUT2D eigenvalue weighted by Gasteiger charge is -2.18. The number of carbonyl (C=O) groups excluding carboxylic acids is 1. The van der Waals surface area contributed by atoms with Gasteiger partial charge in [0.1, 0.15) is 0 Å². The van der Waals surface area contributed by atoms with E-state index in [1.54, 1.807) is 17.0 Å². The third-order valence-electron chi connectivity index (χ3n) is 3.70. The number of amides is 1. The molecule has 4 nitrogen and oxygen atoms in total. The Morgan fingerprint density at radius 3 is 2.62 bits per heavy atom. The Bertz CT molecular complexity index is 861. The van der Waals surface area contributed by atoms with Gasteiger partial charge in [0.05, 0.1) is 10.6 Å². The van der Waals surface area contributed by atoms with E-state index in [2.05, 4.69) is 0 Å². The fourth-order valence-corrected chi connectivity index (χ4v) is 3.77. The maximum atomic E-state index is 12.8. The van der Waals surface area contributed by atoms with E-state index in [1.807, 2.05) is 31.2 Å². The van der Waals surface area contributed by atoms with Crippen LogP contribution in [-0.2, 0) is 11.2 Å². The first-order valence-electron chi connectivity index (χ1n) is 7.39. The zero-order valence-electron chi connectivity index (χ0n) is 12.9. The van der Waals surface area contributed by atoms with Crippen LogP contribution in [0.4, 0.5) is 5.69 Å². The predicted octanol–water partition coefficient (Wildman–Crippen LogP) is 4.07.